The Bertz CT molecular complexity index is 1460. The zero-order chi connectivity index (χ0) is 26.3. The van der Waals surface area contributed by atoms with E-state index in [1.165, 1.54) is 12.8 Å². The third-order valence-corrected chi connectivity index (χ3v) is 6.82. The quantitative estimate of drug-likeness (QED) is 0.213. The molecule has 2 N–H and O–H groups in total. The van der Waals surface area contributed by atoms with Gasteiger partial charge in [-0.2, -0.15) is 0 Å². The van der Waals surface area contributed by atoms with Gasteiger partial charge in [-0.15, -0.1) is 0 Å². The molecule has 0 bridgehead atoms. The average molecular weight is 508 g/mol. The van der Waals surface area contributed by atoms with E-state index >= 15 is 0 Å². The smallest absolute Gasteiger partial charge is 0.339 e. The minimum absolute atomic E-state index is 0.240. The van der Waals surface area contributed by atoms with E-state index in [9.17, 15) is 4.79 Å². The maximum atomic E-state index is 12.5. The molecule has 1 aromatic carbocycles. The number of rotatable bonds is 8. The lowest BCUT2D eigenvalue weighted by Crippen LogP contribution is -2.38. The molecule has 7 heteroatoms. The van der Waals surface area contributed by atoms with Crippen molar-refractivity contribution in [2.45, 2.75) is 45.6 Å². The normalized spacial score (nSPS) is 16.3. The van der Waals surface area contributed by atoms with Crippen LogP contribution in [-0.4, -0.2) is 45.1 Å². The second kappa shape index (κ2) is 12.0. The Morgan fingerprint density at radius 3 is 2.76 bits per heavy atom. The van der Waals surface area contributed by atoms with Crippen LogP contribution in [0.1, 0.15) is 55.6 Å². The van der Waals surface area contributed by atoms with Crippen LogP contribution in [0.2, 0.25) is 0 Å². The van der Waals surface area contributed by atoms with Gasteiger partial charge in [-0.3, -0.25) is 9.97 Å². The first-order chi connectivity index (χ1) is 18.6. The lowest BCUT2D eigenvalue weighted by atomic mass is 10.0. The highest BCUT2D eigenvalue weighted by Gasteiger charge is 2.16. The molecule has 1 atom stereocenters. The molecule has 1 saturated heterocycles. The maximum Gasteiger partial charge on any atom is 0.339 e. The number of aromatic nitrogens is 4. The largest absolute Gasteiger partial charge is 0.460 e. The number of benzene rings is 1. The molecule has 0 radical (unpaired) electrons. The van der Waals surface area contributed by atoms with Crippen molar-refractivity contribution in [2.75, 3.05) is 13.2 Å². The van der Waals surface area contributed by atoms with Gasteiger partial charge in [0.2, 0.25) is 0 Å². The average Bonchev–Trinajstić information content (AvgIpc) is 3.46. The fourth-order valence-corrected chi connectivity index (χ4v) is 4.68. The number of H-pyrrole nitrogens is 1. The number of nitrogens with one attached hydrogen (secondary N) is 2. The standard InChI is InChI=1S/C31H33N5O2/c1-3-4-5-8-21(2)29-30(36-20-35-29)22-10-12-27-24(15-22)16-25(18-34-27)28-13-11-23(17-33-28)31(37)38-19-26-9-6-7-14-32-26/h4-5,8,10-13,15-18,20,26,32H,3,6-7,9,14,19H2,1-2H3,(H,35,36)/b5-4-,21-8+/t26-/m1/s1. The first-order valence-electron chi connectivity index (χ1n) is 13.3. The van der Waals surface area contributed by atoms with Crippen LogP contribution in [-0.2, 0) is 4.74 Å². The fraction of sp³-hybridized carbons (Fsp3) is 0.290. The Labute approximate surface area is 223 Å². The van der Waals surface area contributed by atoms with Crippen LogP contribution in [0.15, 0.2) is 73.3 Å². The van der Waals surface area contributed by atoms with E-state index in [2.05, 4.69) is 75.5 Å². The number of esters is 1. The molecule has 0 spiro atoms. The lowest BCUT2D eigenvalue weighted by molar-refractivity contribution is 0.0451. The van der Waals surface area contributed by atoms with E-state index in [-0.39, 0.29) is 12.0 Å². The summed E-state index contributed by atoms with van der Waals surface area (Å²) in [5.74, 6) is -0.345. The van der Waals surface area contributed by atoms with Crippen molar-refractivity contribution in [1.82, 2.24) is 25.3 Å². The molecule has 1 aliphatic rings. The van der Waals surface area contributed by atoms with Crippen molar-refractivity contribution in [3.63, 3.8) is 0 Å². The van der Waals surface area contributed by atoms with Crippen LogP contribution in [0.4, 0.5) is 0 Å². The van der Waals surface area contributed by atoms with Gasteiger partial charge in [-0.05, 0) is 68.6 Å². The molecule has 4 aromatic rings. The van der Waals surface area contributed by atoms with Gasteiger partial charge in [0.15, 0.2) is 0 Å². The van der Waals surface area contributed by atoms with Crippen molar-refractivity contribution >= 4 is 22.4 Å². The van der Waals surface area contributed by atoms with Gasteiger partial charge in [0.25, 0.3) is 0 Å². The predicted molar refractivity (Wildman–Crippen MR) is 152 cm³/mol. The summed E-state index contributed by atoms with van der Waals surface area (Å²) in [6, 6.07) is 12.1. The summed E-state index contributed by atoms with van der Waals surface area (Å²) < 4.78 is 5.50. The summed E-state index contributed by atoms with van der Waals surface area (Å²) >= 11 is 0. The summed E-state index contributed by atoms with van der Waals surface area (Å²) in [7, 11) is 0. The number of hydrogen-bond acceptors (Lipinski definition) is 6. The number of ether oxygens (including phenoxy) is 1. The number of fused-ring (bicyclic) bond motifs is 1. The number of imidazole rings is 1. The highest BCUT2D eigenvalue weighted by Crippen LogP contribution is 2.29. The van der Waals surface area contributed by atoms with Gasteiger partial charge >= 0.3 is 5.97 Å². The van der Waals surface area contributed by atoms with E-state index in [4.69, 9.17) is 4.74 Å². The summed E-state index contributed by atoms with van der Waals surface area (Å²) in [5, 5.41) is 4.39. The van der Waals surface area contributed by atoms with Crippen LogP contribution in [0.3, 0.4) is 0 Å². The van der Waals surface area contributed by atoms with Crippen molar-refractivity contribution in [1.29, 1.82) is 0 Å². The topological polar surface area (TPSA) is 92.8 Å². The Morgan fingerprint density at radius 1 is 1.08 bits per heavy atom. The van der Waals surface area contributed by atoms with E-state index < -0.39 is 0 Å². The number of nitrogens with zero attached hydrogens (tertiary/aromatic N) is 3. The Morgan fingerprint density at radius 2 is 1.97 bits per heavy atom. The van der Waals surface area contributed by atoms with E-state index in [0.717, 1.165) is 64.1 Å². The van der Waals surface area contributed by atoms with Crippen LogP contribution in [0.5, 0.6) is 0 Å². The number of piperidine rings is 1. The molecule has 1 aliphatic heterocycles. The molecule has 194 valence electrons. The number of aromatic amines is 1. The summed E-state index contributed by atoms with van der Waals surface area (Å²) in [6.45, 7) is 5.56. The van der Waals surface area contributed by atoms with Gasteiger partial charge in [0.05, 0.1) is 34.5 Å². The number of hydrogen-bond donors (Lipinski definition) is 2. The third kappa shape index (κ3) is 5.89. The van der Waals surface area contributed by atoms with Gasteiger partial charge in [0.1, 0.15) is 6.61 Å². The van der Waals surface area contributed by atoms with E-state index in [1.54, 1.807) is 18.6 Å². The highest BCUT2D eigenvalue weighted by atomic mass is 16.5. The van der Waals surface area contributed by atoms with E-state index in [1.807, 2.05) is 18.3 Å². The summed E-state index contributed by atoms with van der Waals surface area (Å²) in [4.78, 5) is 29.5. The minimum atomic E-state index is -0.345. The molecule has 0 aliphatic carbocycles. The lowest BCUT2D eigenvalue weighted by Gasteiger charge is -2.22. The van der Waals surface area contributed by atoms with Gasteiger partial charge in [-0.1, -0.05) is 37.6 Å². The maximum absolute atomic E-state index is 12.5. The Balaban J connectivity index is 1.34. The van der Waals surface area contributed by atoms with Crippen LogP contribution < -0.4 is 5.32 Å². The van der Waals surface area contributed by atoms with Gasteiger partial charge in [-0.25, -0.2) is 9.78 Å². The highest BCUT2D eigenvalue weighted by molar-refractivity contribution is 5.90. The molecule has 1 fully saturated rings. The number of carbonyl (C=O) groups excluding carboxylic acids is 1. The van der Waals surface area contributed by atoms with Crippen LogP contribution >= 0.6 is 0 Å². The molecule has 38 heavy (non-hydrogen) atoms. The molecular weight excluding hydrogens is 474 g/mol. The zero-order valence-electron chi connectivity index (χ0n) is 21.9. The van der Waals surface area contributed by atoms with Crippen LogP contribution in [0, 0.1) is 0 Å². The number of allylic oxidation sites excluding steroid dienone is 4. The first kappa shape index (κ1) is 25.5. The number of carbonyl (C=O) groups is 1. The molecule has 0 amide bonds. The fourth-order valence-electron chi connectivity index (χ4n) is 4.68. The van der Waals surface area contributed by atoms with E-state index in [0.29, 0.717) is 12.2 Å². The minimum Gasteiger partial charge on any atom is -0.460 e. The second-order valence-electron chi connectivity index (χ2n) is 9.62. The summed E-state index contributed by atoms with van der Waals surface area (Å²) in [5.41, 5.74) is 7.01. The molecular formula is C31H33N5O2. The Hall–Kier alpha value is -4.10. The zero-order valence-corrected chi connectivity index (χ0v) is 21.9. The monoisotopic (exact) mass is 507 g/mol. The third-order valence-electron chi connectivity index (χ3n) is 6.82. The molecule has 0 saturated carbocycles. The predicted octanol–water partition coefficient (Wildman–Crippen LogP) is 6.36. The Kier molecular flexibility index (Phi) is 8.04. The van der Waals surface area contributed by atoms with Crippen LogP contribution in [0.25, 0.3) is 39.0 Å². The molecule has 4 heterocycles. The van der Waals surface area contributed by atoms with Crippen molar-refractivity contribution < 1.29 is 9.53 Å². The number of pyridine rings is 2. The second-order valence-corrected chi connectivity index (χ2v) is 9.62. The van der Waals surface area contributed by atoms with Crippen molar-refractivity contribution in [3.05, 3.63) is 84.6 Å². The van der Waals surface area contributed by atoms with Gasteiger partial charge < -0.3 is 15.0 Å². The molecule has 7 nitrogen and oxygen atoms in total. The molecule has 0 unspecified atom stereocenters. The van der Waals surface area contributed by atoms with Gasteiger partial charge in [0, 0.05) is 34.9 Å². The SMILES string of the molecule is CC/C=C\C=C(/C)c1nc[nH]c1-c1ccc2ncc(-c3ccc(C(=O)OC[C@H]4CCCCN4)cn3)cc2c1. The van der Waals surface area contributed by atoms with Crippen molar-refractivity contribution in [3.8, 4) is 22.5 Å². The molecule has 5 rings (SSSR count). The molecule has 3 aromatic heterocycles. The van der Waals surface area contributed by atoms with Crippen molar-refractivity contribution in [2.24, 2.45) is 0 Å². The first-order valence-corrected chi connectivity index (χ1v) is 13.3. The summed E-state index contributed by atoms with van der Waals surface area (Å²) in [6.07, 6.45) is 15.8.